The zero-order valence-corrected chi connectivity index (χ0v) is 17.0. The predicted molar refractivity (Wildman–Crippen MR) is 112 cm³/mol. The Balaban J connectivity index is 1.44. The molecule has 4 nitrogen and oxygen atoms in total. The summed E-state index contributed by atoms with van der Waals surface area (Å²) in [6, 6.07) is 18.0. The van der Waals surface area contributed by atoms with Crippen molar-refractivity contribution in [2.45, 2.75) is 36.9 Å². The largest absolute Gasteiger partial charge is 0.465 e. The third-order valence-corrected chi connectivity index (χ3v) is 6.71. The van der Waals surface area contributed by atoms with Gasteiger partial charge in [-0.1, -0.05) is 60.1 Å². The van der Waals surface area contributed by atoms with Crippen LogP contribution in [0.4, 0.5) is 9.18 Å². The SMILES string of the molecule is O=C(O)N1CCC(F)(CNC2CC2c2ccccc2)C(Cc2ccccc2Cl)C1. The molecule has 154 valence electrons. The molecule has 2 aromatic carbocycles. The molecule has 2 N–H and O–H groups in total. The van der Waals surface area contributed by atoms with E-state index >= 15 is 4.39 Å². The summed E-state index contributed by atoms with van der Waals surface area (Å²) < 4.78 is 16.1. The Morgan fingerprint density at radius 1 is 1.21 bits per heavy atom. The number of hydrogen-bond acceptors (Lipinski definition) is 2. The molecular formula is C23H26ClFN2O2. The Morgan fingerprint density at radius 3 is 2.66 bits per heavy atom. The van der Waals surface area contributed by atoms with E-state index in [2.05, 4.69) is 17.4 Å². The van der Waals surface area contributed by atoms with E-state index < -0.39 is 17.7 Å². The van der Waals surface area contributed by atoms with E-state index in [4.69, 9.17) is 11.6 Å². The number of rotatable bonds is 6. The van der Waals surface area contributed by atoms with Crippen LogP contribution in [0.5, 0.6) is 0 Å². The van der Waals surface area contributed by atoms with Gasteiger partial charge in [0.2, 0.25) is 0 Å². The number of carbonyl (C=O) groups is 1. The summed E-state index contributed by atoms with van der Waals surface area (Å²) in [4.78, 5) is 12.8. The molecule has 1 heterocycles. The fraction of sp³-hybridized carbons (Fsp3) is 0.435. The van der Waals surface area contributed by atoms with Gasteiger partial charge in [-0.3, -0.25) is 0 Å². The van der Waals surface area contributed by atoms with Gasteiger partial charge < -0.3 is 15.3 Å². The van der Waals surface area contributed by atoms with Gasteiger partial charge in [0.15, 0.2) is 0 Å². The van der Waals surface area contributed by atoms with E-state index in [1.807, 2.05) is 36.4 Å². The number of halogens is 2. The Morgan fingerprint density at radius 2 is 1.93 bits per heavy atom. The maximum absolute atomic E-state index is 16.1. The second kappa shape index (κ2) is 8.33. The first-order chi connectivity index (χ1) is 14.0. The van der Waals surface area contributed by atoms with E-state index in [-0.39, 0.29) is 32.1 Å². The summed E-state index contributed by atoms with van der Waals surface area (Å²) in [6.45, 7) is 0.647. The van der Waals surface area contributed by atoms with Crippen molar-refractivity contribution in [1.29, 1.82) is 0 Å². The summed E-state index contributed by atoms with van der Waals surface area (Å²) in [6.07, 6.45) is 0.644. The lowest BCUT2D eigenvalue weighted by molar-refractivity contribution is 0.00225. The smallest absolute Gasteiger partial charge is 0.407 e. The lowest BCUT2D eigenvalue weighted by Crippen LogP contribution is -2.56. The standard InChI is InChI=1S/C23H26ClFN2O2/c24-20-9-5-4-8-17(20)12-18-14-27(22(28)29)11-10-23(18,25)15-26-21-13-19(21)16-6-2-1-3-7-16/h1-9,18-19,21,26H,10-15H2,(H,28,29). The fourth-order valence-corrected chi connectivity index (χ4v) is 4.63. The van der Waals surface area contributed by atoms with E-state index in [9.17, 15) is 9.90 Å². The van der Waals surface area contributed by atoms with Crippen molar-refractivity contribution >= 4 is 17.7 Å². The summed E-state index contributed by atoms with van der Waals surface area (Å²) in [7, 11) is 0. The number of amides is 1. The monoisotopic (exact) mass is 416 g/mol. The molecule has 2 aliphatic rings. The summed E-state index contributed by atoms with van der Waals surface area (Å²) in [5.41, 5.74) is 0.683. The minimum atomic E-state index is -1.46. The van der Waals surface area contributed by atoms with Crippen LogP contribution in [0.15, 0.2) is 54.6 Å². The molecule has 0 radical (unpaired) electrons. The first-order valence-corrected chi connectivity index (χ1v) is 10.5. The Kier molecular flexibility index (Phi) is 5.79. The van der Waals surface area contributed by atoms with Gasteiger partial charge >= 0.3 is 6.09 Å². The first-order valence-electron chi connectivity index (χ1n) is 10.1. The molecule has 1 saturated carbocycles. The Hall–Kier alpha value is -2.11. The Bertz CT molecular complexity index is 865. The highest BCUT2D eigenvalue weighted by Gasteiger charge is 2.47. The molecule has 4 unspecified atom stereocenters. The molecule has 2 aromatic rings. The zero-order valence-electron chi connectivity index (χ0n) is 16.2. The van der Waals surface area contributed by atoms with Crippen LogP contribution >= 0.6 is 11.6 Å². The van der Waals surface area contributed by atoms with Gasteiger partial charge in [-0.25, -0.2) is 9.18 Å². The van der Waals surface area contributed by atoms with Crippen LogP contribution in [0.3, 0.4) is 0 Å². The van der Waals surface area contributed by atoms with Crippen molar-refractivity contribution < 1.29 is 14.3 Å². The van der Waals surface area contributed by atoms with E-state index in [1.54, 1.807) is 6.07 Å². The van der Waals surface area contributed by atoms with Gasteiger partial charge in [-0.15, -0.1) is 0 Å². The molecule has 1 aliphatic heterocycles. The highest BCUT2D eigenvalue weighted by molar-refractivity contribution is 6.31. The number of hydrogen-bond donors (Lipinski definition) is 2. The lowest BCUT2D eigenvalue weighted by Gasteiger charge is -2.42. The molecule has 6 heteroatoms. The summed E-state index contributed by atoms with van der Waals surface area (Å²) in [5, 5.41) is 13.4. The molecule has 29 heavy (non-hydrogen) atoms. The minimum absolute atomic E-state index is 0.186. The highest BCUT2D eigenvalue weighted by atomic mass is 35.5. The molecule has 1 aliphatic carbocycles. The van der Waals surface area contributed by atoms with Crippen LogP contribution in [0.1, 0.15) is 29.9 Å². The van der Waals surface area contributed by atoms with Crippen molar-refractivity contribution in [3.05, 3.63) is 70.7 Å². The molecule has 0 spiro atoms. The van der Waals surface area contributed by atoms with Crippen molar-refractivity contribution in [3.63, 3.8) is 0 Å². The number of nitrogens with zero attached hydrogens (tertiary/aromatic N) is 1. The van der Waals surface area contributed by atoms with Crippen LogP contribution < -0.4 is 5.32 Å². The predicted octanol–water partition coefficient (Wildman–Crippen LogP) is 4.74. The first kappa shape index (κ1) is 20.2. The fourth-order valence-electron chi connectivity index (χ4n) is 4.42. The van der Waals surface area contributed by atoms with Crippen LogP contribution in [-0.2, 0) is 6.42 Å². The highest BCUT2D eigenvalue weighted by Crippen LogP contribution is 2.42. The number of carboxylic acid groups (broad SMARTS) is 1. The maximum atomic E-state index is 16.1. The lowest BCUT2D eigenvalue weighted by atomic mass is 9.78. The van der Waals surface area contributed by atoms with Crippen LogP contribution in [0.2, 0.25) is 5.02 Å². The van der Waals surface area contributed by atoms with Crippen molar-refractivity contribution in [3.8, 4) is 0 Å². The number of likely N-dealkylation sites (tertiary alicyclic amines) is 1. The molecule has 1 saturated heterocycles. The molecule has 4 atom stereocenters. The van der Waals surface area contributed by atoms with Gasteiger partial charge in [-0.2, -0.15) is 0 Å². The van der Waals surface area contributed by atoms with Crippen LogP contribution in [-0.4, -0.2) is 47.4 Å². The molecule has 2 fully saturated rings. The summed E-state index contributed by atoms with van der Waals surface area (Å²) >= 11 is 6.29. The molecule has 1 amide bonds. The third kappa shape index (κ3) is 4.57. The number of alkyl halides is 1. The Labute approximate surface area is 175 Å². The van der Waals surface area contributed by atoms with Gasteiger partial charge in [0, 0.05) is 49.0 Å². The number of benzene rings is 2. The van der Waals surface area contributed by atoms with E-state index in [0.29, 0.717) is 17.4 Å². The van der Waals surface area contributed by atoms with Gasteiger partial charge in [0.05, 0.1) is 0 Å². The minimum Gasteiger partial charge on any atom is -0.465 e. The third-order valence-electron chi connectivity index (χ3n) is 6.34. The van der Waals surface area contributed by atoms with Crippen LogP contribution in [0, 0.1) is 5.92 Å². The second-order valence-corrected chi connectivity index (χ2v) is 8.65. The van der Waals surface area contributed by atoms with Crippen molar-refractivity contribution in [2.24, 2.45) is 5.92 Å². The molecule has 4 rings (SSSR count). The molecule has 0 bridgehead atoms. The average molecular weight is 417 g/mol. The molecular weight excluding hydrogens is 391 g/mol. The second-order valence-electron chi connectivity index (χ2n) is 8.25. The summed E-state index contributed by atoms with van der Waals surface area (Å²) in [5.74, 6) is -0.00500. The zero-order chi connectivity index (χ0) is 20.4. The van der Waals surface area contributed by atoms with E-state index in [0.717, 1.165) is 12.0 Å². The average Bonchev–Trinajstić information content (AvgIpc) is 3.50. The quantitative estimate of drug-likeness (QED) is 0.715. The van der Waals surface area contributed by atoms with Gasteiger partial charge in [0.25, 0.3) is 0 Å². The number of piperidine rings is 1. The topological polar surface area (TPSA) is 52.6 Å². The molecule has 0 aromatic heterocycles. The number of nitrogens with one attached hydrogen (secondary N) is 1. The van der Waals surface area contributed by atoms with E-state index in [1.165, 1.54) is 10.5 Å². The van der Waals surface area contributed by atoms with Crippen molar-refractivity contribution in [2.75, 3.05) is 19.6 Å². The normalized spacial score (nSPS) is 28.9. The van der Waals surface area contributed by atoms with Gasteiger partial charge in [0.1, 0.15) is 5.67 Å². The maximum Gasteiger partial charge on any atom is 0.407 e. The van der Waals surface area contributed by atoms with Crippen molar-refractivity contribution in [1.82, 2.24) is 10.2 Å². The van der Waals surface area contributed by atoms with Gasteiger partial charge in [-0.05, 0) is 30.0 Å². The van der Waals surface area contributed by atoms with Crippen LogP contribution in [0.25, 0.3) is 0 Å².